The highest BCUT2D eigenvalue weighted by Gasteiger charge is 2.00. The molecule has 0 fully saturated rings. The van der Waals surface area contributed by atoms with Crippen molar-refractivity contribution in [1.82, 2.24) is 5.32 Å². The third-order valence-corrected chi connectivity index (χ3v) is 3.91. The molecule has 5 heteroatoms. The van der Waals surface area contributed by atoms with Gasteiger partial charge in [-0.3, -0.25) is 4.79 Å². The van der Waals surface area contributed by atoms with Gasteiger partial charge in [-0.2, -0.15) is 0 Å². The zero-order chi connectivity index (χ0) is 14.4. The van der Waals surface area contributed by atoms with E-state index in [0.29, 0.717) is 5.75 Å². The fourth-order valence-corrected chi connectivity index (χ4v) is 2.64. The molecule has 1 aromatic heterocycles. The van der Waals surface area contributed by atoms with E-state index in [2.05, 4.69) is 23.7 Å². The molecule has 0 saturated carbocycles. The average Bonchev–Trinajstić information content (AvgIpc) is 2.83. The van der Waals surface area contributed by atoms with E-state index in [-0.39, 0.29) is 6.61 Å². The summed E-state index contributed by atoms with van der Waals surface area (Å²) in [6.07, 6.45) is 0. The lowest BCUT2D eigenvalue weighted by Gasteiger charge is -2.07. The molecule has 0 unspecified atom stereocenters. The number of thiophene rings is 1. The second-order valence-corrected chi connectivity index (χ2v) is 5.53. The fourth-order valence-electron chi connectivity index (χ4n) is 1.76. The fraction of sp³-hybridized carbons (Fsp3) is 0.267. The summed E-state index contributed by atoms with van der Waals surface area (Å²) in [4.78, 5) is 12.0. The van der Waals surface area contributed by atoms with E-state index in [1.165, 1.54) is 16.0 Å². The number of primary amides is 1. The number of hydrogen-bond acceptors (Lipinski definition) is 4. The number of amides is 1. The topological polar surface area (TPSA) is 64.3 Å². The SMILES string of the molecule is Cc1ccsc1CNCc1ccc(OCC(N)=O)cc1. The van der Waals surface area contributed by atoms with Gasteiger partial charge in [-0.05, 0) is 41.6 Å². The van der Waals surface area contributed by atoms with E-state index in [0.717, 1.165) is 13.1 Å². The lowest BCUT2D eigenvalue weighted by Crippen LogP contribution is -2.20. The zero-order valence-electron chi connectivity index (χ0n) is 11.4. The molecule has 106 valence electrons. The minimum Gasteiger partial charge on any atom is -0.484 e. The summed E-state index contributed by atoms with van der Waals surface area (Å²) >= 11 is 1.77. The maximum Gasteiger partial charge on any atom is 0.255 e. The molecule has 2 rings (SSSR count). The van der Waals surface area contributed by atoms with Gasteiger partial charge in [0, 0.05) is 18.0 Å². The highest BCUT2D eigenvalue weighted by molar-refractivity contribution is 7.10. The molecule has 0 atom stereocenters. The van der Waals surface area contributed by atoms with Crippen LogP contribution in [0, 0.1) is 6.92 Å². The van der Waals surface area contributed by atoms with E-state index in [1.54, 1.807) is 11.3 Å². The number of aryl methyl sites for hydroxylation is 1. The van der Waals surface area contributed by atoms with Gasteiger partial charge in [0.25, 0.3) is 5.91 Å². The molecule has 0 aliphatic heterocycles. The molecule has 0 bridgehead atoms. The Balaban J connectivity index is 1.79. The third kappa shape index (κ3) is 4.36. The van der Waals surface area contributed by atoms with Crippen molar-refractivity contribution in [3.8, 4) is 5.75 Å². The number of nitrogens with two attached hydrogens (primary N) is 1. The molecule has 0 spiro atoms. The molecule has 1 heterocycles. The first-order valence-corrected chi connectivity index (χ1v) is 7.27. The van der Waals surface area contributed by atoms with Crippen LogP contribution in [0.1, 0.15) is 16.0 Å². The van der Waals surface area contributed by atoms with Crippen LogP contribution in [0.5, 0.6) is 5.75 Å². The van der Waals surface area contributed by atoms with Gasteiger partial charge in [0.1, 0.15) is 5.75 Å². The van der Waals surface area contributed by atoms with Crippen LogP contribution in [0.15, 0.2) is 35.7 Å². The predicted molar refractivity (Wildman–Crippen MR) is 80.7 cm³/mol. The molecule has 0 radical (unpaired) electrons. The Morgan fingerprint density at radius 2 is 2.00 bits per heavy atom. The van der Waals surface area contributed by atoms with Crippen LogP contribution in [-0.4, -0.2) is 12.5 Å². The Hall–Kier alpha value is -1.85. The first-order chi connectivity index (χ1) is 9.65. The molecule has 0 saturated heterocycles. The highest BCUT2D eigenvalue weighted by Crippen LogP contribution is 2.16. The Labute approximate surface area is 122 Å². The van der Waals surface area contributed by atoms with Crippen LogP contribution in [0.2, 0.25) is 0 Å². The van der Waals surface area contributed by atoms with Crippen LogP contribution in [0.4, 0.5) is 0 Å². The molecule has 0 aliphatic carbocycles. The average molecular weight is 290 g/mol. The molecule has 1 aromatic carbocycles. The summed E-state index contributed by atoms with van der Waals surface area (Å²) in [7, 11) is 0. The number of benzene rings is 1. The van der Waals surface area contributed by atoms with Crippen molar-refractivity contribution in [3.05, 3.63) is 51.7 Å². The second-order valence-electron chi connectivity index (χ2n) is 4.53. The van der Waals surface area contributed by atoms with E-state index in [1.807, 2.05) is 24.3 Å². The van der Waals surface area contributed by atoms with E-state index in [9.17, 15) is 4.79 Å². The molecule has 2 aromatic rings. The molecule has 20 heavy (non-hydrogen) atoms. The van der Waals surface area contributed by atoms with E-state index in [4.69, 9.17) is 10.5 Å². The minimum absolute atomic E-state index is 0.0880. The number of nitrogens with one attached hydrogen (secondary N) is 1. The number of rotatable bonds is 7. The molecule has 0 aliphatic rings. The summed E-state index contributed by atoms with van der Waals surface area (Å²) in [5, 5.41) is 5.52. The summed E-state index contributed by atoms with van der Waals surface area (Å²) in [5.41, 5.74) is 7.52. The van der Waals surface area contributed by atoms with Gasteiger partial charge >= 0.3 is 0 Å². The summed E-state index contributed by atoms with van der Waals surface area (Å²) in [6, 6.07) is 9.77. The molecular formula is C15H18N2O2S. The van der Waals surface area contributed by atoms with Gasteiger partial charge < -0.3 is 15.8 Å². The molecule has 3 N–H and O–H groups in total. The Kier molecular flexibility index (Phi) is 5.15. The summed E-state index contributed by atoms with van der Waals surface area (Å²) < 4.78 is 5.21. The van der Waals surface area contributed by atoms with Crippen LogP contribution in [-0.2, 0) is 17.9 Å². The van der Waals surface area contributed by atoms with Gasteiger partial charge in [0.2, 0.25) is 0 Å². The normalized spacial score (nSPS) is 10.4. The van der Waals surface area contributed by atoms with Crippen molar-refractivity contribution in [1.29, 1.82) is 0 Å². The van der Waals surface area contributed by atoms with E-state index < -0.39 is 5.91 Å². The monoisotopic (exact) mass is 290 g/mol. The lowest BCUT2D eigenvalue weighted by atomic mass is 10.2. The van der Waals surface area contributed by atoms with Crippen LogP contribution in [0.3, 0.4) is 0 Å². The third-order valence-electron chi connectivity index (χ3n) is 2.89. The molecule has 1 amide bonds. The Bertz CT molecular complexity index is 564. The quantitative estimate of drug-likeness (QED) is 0.821. The number of carbonyl (C=O) groups excluding carboxylic acids is 1. The van der Waals surface area contributed by atoms with Crippen LogP contribution < -0.4 is 15.8 Å². The predicted octanol–water partition coefficient (Wildman–Crippen LogP) is 2.21. The van der Waals surface area contributed by atoms with Gasteiger partial charge in [0.15, 0.2) is 6.61 Å². The zero-order valence-corrected chi connectivity index (χ0v) is 12.2. The van der Waals surface area contributed by atoms with Gasteiger partial charge in [-0.15, -0.1) is 11.3 Å². The number of carbonyl (C=O) groups is 1. The van der Waals surface area contributed by atoms with Crippen LogP contribution >= 0.6 is 11.3 Å². The van der Waals surface area contributed by atoms with Crippen molar-refractivity contribution < 1.29 is 9.53 Å². The summed E-state index contributed by atoms with van der Waals surface area (Å²) in [6.45, 7) is 3.71. The molecular weight excluding hydrogens is 272 g/mol. The van der Waals surface area contributed by atoms with Gasteiger partial charge in [-0.1, -0.05) is 12.1 Å². The smallest absolute Gasteiger partial charge is 0.255 e. The summed E-state index contributed by atoms with van der Waals surface area (Å²) in [5.74, 6) is 0.184. The van der Waals surface area contributed by atoms with Gasteiger partial charge in [0.05, 0.1) is 0 Å². The minimum atomic E-state index is -0.470. The Morgan fingerprint density at radius 3 is 2.60 bits per heavy atom. The van der Waals surface area contributed by atoms with Crippen molar-refractivity contribution in [2.75, 3.05) is 6.61 Å². The van der Waals surface area contributed by atoms with Crippen LogP contribution in [0.25, 0.3) is 0 Å². The van der Waals surface area contributed by atoms with Crippen molar-refractivity contribution in [2.24, 2.45) is 5.73 Å². The standard InChI is InChI=1S/C15H18N2O2S/c1-11-6-7-20-14(11)9-17-8-12-2-4-13(5-3-12)19-10-15(16)18/h2-7,17H,8-10H2,1H3,(H2,16,18). The highest BCUT2D eigenvalue weighted by atomic mass is 32.1. The number of ether oxygens (including phenoxy) is 1. The van der Waals surface area contributed by atoms with Crippen molar-refractivity contribution in [3.63, 3.8) is 0 Å². The number of hydrogen-bond donors (Lipinski definition) is 2. The first-order valence-electron chi connectivity index (χ1n) is 6.39. The maximum absolute atomic E-state index is 10.6. The lowest BCUT2D eigenvalue weighted by molar-refractivity contribution is -0.119. The Morgan fingerprint density at radius 1 is 1.25 bits per heavy atom. The largest absolute Gasteiger partial charge is 0.484 e. The second kappa shape index (κ2) is 7.07. The van der Waals surface area contributed by atoms with Crippen molar-refractivity contribution in [2.45, 2.75) is 20.0 Å². The first kappa shape index (κ1) is 14.6. The van der Waals surface area contributed by atoms with E-state index >= 15 is 0 Å². The van der Waals surface area contributed by atoms with Gasteiger partial charge in [-0.25, -0.2) is 0 Å². The van der Waals surface area contributed by atoms with Crippen molar-refractivity contribution >= 4 is 17.2 Å². The maximum atomic E-state index is 10.6. The molecule has 4 nitrogen and oxygen atoms in total.